The average molecular weight is 176 g/mol. The normalized spacial score (nSPS) is 18.8. The molecule has 0 aromatic rings. The Labute approximate surface area is 79.5 Å². The van der Waals surface area contributed by atoms with Crippen molar-refractivity contribution in [2.45, 2.75) is 67.4 Å². The van der Waals surface area contributed by atoms with Crippen LogP contribution in [0.2, 0.25) is 0 Å². The lowest BCUT2D eigenvalue weighted by Crippen LogP contribution is -1.94. The Bertz CT molecular complexity index is 38.3. The van der Waals surface area contributed by atoms with Gasteiger partial charge in [0.2, 0.25) is 0 Å². The van der Waals surface area contributed by atoms with E-state index in [1.54, 1.807) is 0 Å². The maximum absolute atomic E-state index is 5.15. The summed E-state index contributed by atoms with van der Waals surface area (Å²) in [5.74, 6) is 0. The Hall–Kier alpha value is -0.0400. The number of hydrogen-bond acceptors (Lipinski definition) is 1. The van der Waals surface area contributed by atoms with Crippen LogP contribution in [0.3, 0.4) is 0 Å². The van der Waals surface area contributed by atoms with E-state index in [0.29, 0.717) is 6.10 Å². The van der Waals surface area contributed by atoms with E-state index in [9.17, 15) is 0 Å². The van der Waals surface area contributed by atoms with Gasteiger partial charge in [-0.25, -0.2) is 0 Å². The van der Waals surface area contributed by atoms with Gasteiger partial charge in [0.15, 0.2) is 0 Å². The van der Waals surface area contributed by atoms with Crippen LogP contribution in [0.5, 0.6) is 0 Å². The van der Waals surface area contributed by atoms with Crippen molar-refractivity contribution in [3.8, 4) is 0 Å². The van der Waals surface area contributed by atoms with E-state index in [1.807, 2.05) is 41.5 Å². The van der Waals surface area contributed by atoms with Crippen LogP contribution >= 0.6 is 0 Å². The van der Waals surface area contributed by atoms with Crippen LogP contribution in [0.25, 0.3) is 0 Å². The van der Waals surface area contributed by atoms with E-state index in [4.69, 9.17) is 4.74 Å². The van der Waals surface area contributed by atoms with Crippen LogP contribution in [0.1, 0.15) is 61.3 Å². The number of ether oxygens (including phenoxy) is 1. The second-order valence-electron chi connectivity index (χ2n) is 1.82. The van der Waals surface area contributed by atoms with Gasteiger partial charge in [-0.05, 0) is 19.8 Å². The van der Waals surface area contributed by atoms with Gasteiger partial charge in [0.05, 0.1) is 6.10 Å². The van der Waals surface area contributed by atoms with Crippen molar-refractivity contribution in [3.05, 3.63) is 0 Å². The first-order valence-electron chi connectivity index (χ1n) is 5.51. The summed E-state index contributed by atoms with van der Waals surface area (Å²) in [6.45, 7) is 15.1. The summed E-state index contributed by atoms with van der Waals surface area (Å²) in [6.07, 6.45) is 3.08. The fourth-order valence-electron chi connectivity index (χ4n) is 0.739. The molecular weight excluding hydrogens is 148 g/mol. The fraction of sp³-hybridized carbons (Fsp3) is 1.00. The highest BCUT2D eigenvalue weighted by molar-refractivity contribution is 4.56. The summed E-state index contributed by atoms with van der Waals surface area (Å²) in [4.78, 5) is 0. The lowest BCUT2D eigenvalue weighted by atomic mass is 10.3. The van der Waals surface area contributed by atoms with Gasteiger partial charge in [-0.2, -0.15) is 0 Å². The summed E-state index contributed by atoms with van der Waals surface area (Å²) >= 11 is 0. The van der Waals surface area contributed by atoms with Gasteiger partial charge >= 0.3 is 0 Å². The Balaban J connectivity index is -0.000000117. The molecule has 1 aliphatic heterocycles. The zero-order valence-electron chi connectivity index (χ0n) is 10.1. The molecule has 0 aromatic carbocycles. The molecule has 78 valence electrons. The molecule has 0 aliphatic carbocycles. The summed E-state index contributed by atoms with van der Waals surface area (Å²) in [6, 6.07) is 0. The molecule has 0 bridgehead atoms. The summed E-state index contributed by atoms with van der Waals surface area (Å²) in [5.41, 5.74) is 0. The van der Waals surface area contributed by atoms with E-state index in [1.165, 1.54) is 12.8 Å². The molecule has 1 heterocycles. The van der Waals surface area contributed by atoms with Crippen molar-refractivity contribution in [2.75, 3.05) is 6.61 Å². The third kappa shape index (κ3) is 16.5. The SMILES string of the molecule is CC.CC.CC.CC1CCCO1. The van der Waals surface area contributed by atoms with E-state index in [0.717, 1.165) is 6.61 Å². The Morgan fingerprint density at radius 2 is 1.33 bits per heavy atom. The molecule has 12 heavy (non-hydrogen) atoms. The third-order valence-electron chi connectivity index (χ3n) is 1.16. The van der Waals surface area contributed by atoms with Crippen molar-refractivity contribution in [2.24, 2.45) is 0 Å². The molecule has 1 fully saturated rings. The minimum atomic E-state index is 0.546. The monoisotopic (exact) mass is 176 g/mol. The highest BCUT2D eigenvalue weighted by Gasteiger charge is 2.07. The quantitative estimate of drug-likeness (QED) is 0.536. The van der Waals surface area contributed by atoms with E-state index >= 15 is 0 Å². The molecule has 1 atom stereocenters. The van der Waals surface area contributed by atoms with Crippen LogP contribution in [0.4, 0.5) is 0 Å². The second kappa shape index (κ2) is 22.4. The highest BCUT2D eigenvalue weighted by Crippen LogP contribution is 2.09. The van der Waals surface area contributed by atoms with Crippen molar-refractivity contribution < 1.29 is 4.74 Å². The van der Waals surface area contributed by atoms with E-state index in [2.05, 4.69) is 6.92 Å². The smallest absolute Gasteiger partial charge is 0.0547 e. The molecule has 0 amide bonds. The molecule has 0 N–H and O–H groups in total. The zero-order chi connectivity index (χ0) is 10.4. The second-order valence-corrected chi connectivity index (χ2v) is 1.82. The van der Waals surface area contributed by atoms with Gasteiger partial charge in [-0.1, -0.05) is 41.5 Å². The Kier molecular flexibility index (Phi) is 33.5. The van der Waals surface area contributed by atoms with Crippen LogP contribution in [-0.2, 0) is 4.74 Å². The first-order valence-corrected chi connectivity index (χ1v) is 5.51. The van der Waals surface area contributed by atoms with Gasteiger partial charge < -0.3 is 4.74 Å². The molecule has 0 spiro atoms. The topological polar surface area (TPSA) is 9.23 Å². The third-order valence-corrected chi connectivity index (χ3v) is 1.16. The maximum atomic E-state index is 5.15. The van der Waals surface area contributed by atoms with Crippen molar-refractivity contribution >= 4 is 0 Å². The molecule has 0 aromatic heterocycles. The molecule has 1 saturated heterocycles. The van der Waals surface area contributed by atoms with Crippen LogP contribution in [-0.4, -0.2) is 12.7 Å². The van der Waals surface area contributed by atoms with Crippen molar-refractivity contribution in [3.63, 3.8) is 0 Å². The summed E-state index contributed by atoms with van der Waals surface area (Å²) in [7, 11) is 0. The minimum Gasteiger partial charge on any atom is -0.379 e. The van der Waals surface area contributed by atoms with Crippen molar-refractivity contribution in [1.29, 1.82) is 0 Å². The zero-order valence-corrected chi connectivity index (χ0v) is 10.1. The van der Waals surface area contributed by atoms with Crippen LogP contribution < -0.4 is 0 Å². The minimum absolute atomic E-state index is 0.546. The van der Waals surface area contributed by atoms with Crippen molar-refractivity contribution in [1.82, 2.24) is 0 Å². The Morgan fingerprint density at radius 1 is 0.917 bits per heavy atom. The predicted octanol–water partition coefficient (Wildman–Crippen LogP) is 4.26. The average Bonchev–Trinajstić information content (AvgIpc) is 2.66. The van der Waals surface area contributed by atoms with Crippen LogP contribution in [0, 0.1) is 0 Å². The van der Waals surface area contributed by atoms with Gasteiger partial charge in [-0.15, -0.1) is 0 Å². The predicted molar refractivity (Wildman–Crippen MR) is 58.7 cm³/mol. The van der Waals surface area contributed by atoms with Crippen LogP contribution in [0.15, 0.2) is 0 Å². The maximum Gasteiger partial charge on any atom is 0.0547 e. The molecular formula is C11H28O. The standard InChI is InChI=1S/C5H10O.3C2H6/c1-5-3-2-4-6-5;3*1-2/h5H,2-4H2,1H3;3*1-2H3. The highest BCUT2D eigenvalue weighted by atomic mass is 16.5. The van der Waals surface area contributed by atoms with Gasteiger partial charge in [0, 0.05) is 6.61 Å². The molecule has 1 aliphatic rings. The first-order chi connectivity index (χ1) is 5.89. The molecule has 1 nitrogen and oxygen atoms in total. The van der Waals surface area contributed by atoms with E-state index < -0.39 is 0 Å². The van der Waals surface area contributed by atoms with Gasteiger partial charge in [0.25, 0.3) is 0 Å². The lowest BCUT2D eigenvalue weighted by Gasteiger charge is -1.94. The Morgan fingerprint density at radius 3 is 1.42 bits per heavy atom. The fourth-order valence-corrected chi connectivity index (χ4v) is 0.739. The molecule has 0 saturated carbocycles. The molecule has 0 radical (unpaired) electrons. The summed E-state index contributed by atoms with van der Waals surface area (Å²) in [5, 5.41) is 0. The first kappa shape index (κ1) is 17.9. The lowest BCUT2D eigenvalue weighted by molar-refractivity contribution is 0.125. The molecule has 1 unspecified atom stereocenters. The van der Waals surface area contributed by atoms with E-state index in [-0.39, 0.29) is 0 Å². The van der Waals surface area contributed by atoms with Gasteiger partial charge in [-0.3, -0.25) is 0 Å². The van der Waals surface area contributed by atoms with Gasteiger partial charge in [0.1, 0.15) is 0 Å². The number of rotatable bonds is 0. The number of hydrogen-bond donors (Lipinski definition) is 0. The largest absolute Gasteiger partial charge is 0.379 e. The summed E-state index contributed by atoms with van der Waals surface area (Å²) < 4.78 is 5.15. The molecule has 1 rings (SSSR count). The molecule has 1 heteroatoms.